The summed E-state index contributed by atoms with van der Waals surface area (Å²) in [4.78, 5) is 11.5. The lowest BCUT2D eigenvalue weighted by molar-refractivity contribution is -0.122. The number of carbonyl (C=O) groups excluding carboxylic acids is 1. The highest BCUT2D eigenvalue weighted by atomic mass is 79.9. The first-order valence-corrected chi connectivity index (χ1v) is 6.89. The van der Waals surface area contributed by atoms with E-state index in [2.05, 4.69) is 26.6 Å². The van der Waals surface area contributed by atoms with Gasteiger partial charge in [0.15, 0.2) is 0 Å². The summed E-state index contributed by atoms with van der Waals surface area (Å²) in [5.41, 5.74) is 7.39. The zero-order chi connectivity index (χ0) is 13.1. The van der Waals surface area contributed by atoms with E-state index in [0.717, 1.165) is 22.1 Å². The zero-order valence-electron chi connectivity index (χ0n) is 9.70. The monoisotopic (exact) mass is 327 g/mol. The van der Waals surface area contributed by atoms with Gasteiger partial charge in [-0.3, -0.25) is 4.79 Å². The Kier molecular flexibility index (Phi) is 4.19. The molecule has 1 heterocycles. The van der Waals surface area contributed by atoms with Gasteiger partial charge in [-0.2, -0.15) is 0 Å². The van der Waals surface area contributed by atoms with Gasteiger partial charge in [0.1, 0.15) is 4.99 Å². The number of anilines is 1. The second-order valence-corrected chi connectivity index (χ2v) is 5.54. The van der Waals surface area contributed by atoms with Gasteiger partial charge in [0.25, 0.3) is 0 Å². The van der Waals surface area contributed by atoms with Crippen LogP contribution in [0.1, 0.15) is 18.4 Å². The third-order valence-electron chi connectivity index (χ3n) is 2.88. The van der Waals surface area contributed by atoms with Gasteiger partial charge in [0, 0.05) is 34.7 Å². The second kappa shape index (κ2) is 5.67. The average Bonchev–Trinajstić information content (AvgIpc) is 2.34. The van der Waals surface area contributed by atoms with Crippen molar-refractivity contribution in [3.8, 4) is 0 Å². The van der Waals surface area contributed by atoms with Crippen LogP contribution in [0.2, 0.25) is 0 Å². The number of piperidine rings is 1. The highest BCUT2D eigenvalue weighted by Gasteiger charge is 2.18. The number of rotatable bonds is 3. The van der Waals surface area contributed by atoms with E-state index in [0.29, 0.717) is 18.0 Å². The smallest absolute Gasteiger partial charge is 0.220 e. The van der Waals surface area contributed by atoms with Crippen LogP contribution in [0, 0.1) is 0 Å². The van der Waals surface area contributed by atoms with Crippen molar-refractivity contribution in [1.82, 2.24) is 5.32 Å². The lowest BCUT2D eigenvalue weighted by atomic mass is 10.1. The lowest BCUT2D eigenvalue weighted by Crippen LogP contribution is -2.41. The van der Waals surface area contributed by atoms with Crippen LogP contribution in [0.3, 0.4) is 0 Å². The van der Waals surface area contributed by atoms with Crippen molar-refractivity contribution in [2.75, 3.05) is 11.9 Å². The molecule has 1 aromatic carbocycles. The quantitative estimate of drug-likeness (QED) is 0.740. The number of halogens is 1. The molecule has 2 rings (SSSR count). The van der Waals surface area contributed by atoms with Gasteiger partial charge >= 0.3 is 0 Å². The molecule has 18 heavy (non-hydrogen) atoms. The molecule has 1 saturated heterocycles. The van der Waals surface area contributed by atoms with Crippen LogP contribution in [0.15, 0.2) is 22.7 Å². The highest BCUT2D eigenvalue weighted by Crippen LogP contribution is 2.25. The number of nitrogens with one attached hydrogen (secondary N) is 2. The van der Waals surface area contributed by atoms with Crippen LogP contribution in [0.5, 0.6) is 0 Å². The molecule has 1 atom stereocenters. The van der Waals surface area contributed by atoms with Crippen molar-refractivity contribution in [3.05, 3.63) is 28.2 Å². The summed E-state index contributed by atoms with van der Waals surface area (Å²) < 4.78 is 0.921. The number of benzene rings is 1. The molecule has 0 aliphatic carbocycles. The molecule has 1 aromatic rings. The van der Waals surface area contributed by atoms with E-state index in [1.807, 2.05) is 18.2 Å². The molecule has 1 unspecified atom stereocenters. The number of amides is 1. The van der Waals surface area contributed by atoms with Crippen LogP contribution in [0.4, 0.5) is 5.69 Å². The largest absolute Gasteiger partial charge is 0.389 e. The summed E-state index contributed by atoms with van der Waals surface area (Å²) in [5, 5.41) is 6.23. The molecule has 1 amide bonds. The maximum absolute atomic E-state index is 11.1. The molecule has 96 valence electrons. The summed E-state index contributed by atoms with van der Waals surface area (Å²) in [6.07, 6.45) is 1.41. The molecule has 0 aromatic heterocycles. The van der Waals surface area contributed by atoms with Gasteiger partial charge in [0.2, 0.25) is 5.91 Å². The van der Waals surface area contributed by atoms with Crippen LogP contribution >= 0.6 is 28.1 Å². The zero-order valence-corrected chi connectivity index (χ0v) is 12.1. The van der Waals surface area contributed by atoms with E-state index >= 15 is 0 Å². The fourth-order valence-electron chi connectivity index (χ4n) is 1.86. The average molecular weight is 328 g/mol. The summed E-state index contributed by atoms with van der Waals surface area (Å²) >= 11 is 8.42. The highest BCUT2D eigenvalue weighted by molar-refractivity contribution is 9.10. The van der Waals surface area contributed by atoms with Crippen LogP contribution in [-0.2, 0) is 4.79 Å². The molecular formula is C12H14BrN3OS. The van der Waals surface area contributed by atoms with Crippen molar-refractivity contribution >= 4 is 44.7 Å². The standard InChI is InChI=1S/C12H14BrN3OS/c13-9-5-7(12(14)18)1-3-10(9)16-8-2-4-11(17)15-6-8/h1,3,5,8,16H,2,4,6H2,(H2,14,18)(H,15,17). The minimum atomic E-state index is 0.121. The minimum absolute atomic E-state index is 0.121. The number of carbonyl (C=O) groups is 1. The first-order chi connectivity index (χ1) is 8.56. The van der Waals surface area contributed by atoms with Gasteiger partial charge in [-0.1, -0.05) is 12.2 Å². The Bertz CT molecular complexity index is 482. The number of nitrogens with two attached hydrogens (primary N) is 1. The van der Waals surface area contributed by atoms with Crippen LogP contribution in [-0.4, -0.2) is 23.5 Å². The summed E-state index contributed by atoms with van der Waals surface area (Å²) in [7, 11) is 0. The SMILES string of the molecule is NC(=S)c1ccc(NC2CCC(=O)NC2)c(Br)c1. The Balaban J connectivity index is 2.05. The minimum Gasteiger partial charge on any atom is -0.389 e. The van der Waals surface area contributed by atoms with E-state index in [1.54, 1.807) is 0 Å². The molecule has 1 fully saturated rings. The number of thiocarbonyl (C=S) groups is 1. The van der Waals surface area contributed by atoms with E-state index in [1.165, 1.54) is 0 Å². The van der Waals surface area contributed by atoms with E-state index in [-0.39, 0.29) is 11.9 Å². The Morgan fingerprint density at radius 2 is 2.33 bits per heavy atom. The van der Waals surface area contributed by atoms with Gasteiger partial charge in [-0.25, -0.2) is 0 Å². The molecule has 1 aliphatic heterocycles. The summed E-state index contributed by atoms with van der Waals surface area (Å²) in [6.45, 7) is 0.655. The fraction of sp³-hybridized carbons (Fsp3) is 0.333. The van der Waals surface area contributed by atoms with Crippen molar-refractivity contribution in [2.45, 2.75) is 18.9 Å². The molecule has 0 saturated carbocycles. The number of hydrogen-bond donors (Lipinski definition) is 3. The summed E-state index contributed by atoms with van der Waals surface area (Å²) in [5.74, 6) is 0.121. The molecular weight excluding hydrogens is 314 g/mol. The van der Waals surface area contributed by atoms with Crippen molar-refractivity contribution in [2.24, 2.45) is 5.73 Å². The first kappa shape index (κ1) is 13.3. The topological polar surface area (TPSA) is 67.1 Å². The maximum Gasteiger partial charge on any atom is 0.220 e. The normalized spacial score (nSPS) is 19.2. The molecule has 0 radical (unpaired) electrons. The Labute approximate surface area is 119 Å². The van der Waals surface area contributed by atoms with Crippen molar-refractivity contribution in [3.63, 3.8) is 0 Å². The summed E-state index contributed by atoms with van der Waals surface area (Å²) in [6, 6.07) is 5.98. The Morgan fingerprint density at radius 1 is 1.56 bits per heavy atom. The molecule has 4 nitrogen and oxygen atoms in total. The van der Waals surface area contributed by atoms with Gasteiger partial charge in [0.05, 0.1) is 0 Å². The second-order valence-electron chi connectivity index (χ2n) is 4.24. The third-order valence-corrected chi connectivity index (χ3v) is 3.77. The predicted octanol–water partition coefficient (Wildman–Crippen LogP) is 1.77. The molecule has 0 spiro atoms. The molecule has 4 N–H and O–H groups in total. The Hall–Kier alpha value is -1.14. The van der Waals surface area contributed by atoms with Crippen molar-refractivity contribution < 1.29 is 4.79 Å². The Morgan fingerprint density at radius 3 is 2.89 bits per heavy atom. The van der Waals surface area contributed by atoms with E-state index < -0.39 is 0 Å². The first-order valence-electron chi connectivity index (χ1n) is 5.69. The van der Waals surface area contributed by atoms with Crippen LogP contribution in [0.25, 0.3) is 0 Å². The van der Waals surface area contributed by atoms with Gasteiger partial charge in [-0.15, -0.1) is 0 Å². The third kappa shape index (κ3) is 3.20. The van der Waals surface area contributed by atoms with Gasteiger partial charge in [-0.05, 0) is 40.5 Å². The number of hydrogen-bond acceptors (Lipinski definition) is 3. The maximum atomic E-state index is 11.1. The van der Waals surface area contributed by atoms with Crippen molar-refractivity contribution in [1.29, 1.82) is 0 Å². The van der Waals surface area contributed by atoms with Gasteiger partial charge < -0.3 is 16.4 Å². The van der Waals surface area contributed by atoms with Crippen LogP contribution < -0.4 is 16.4 Å². The van der Waals surface area contributed by atoms with E-state index in [4.69, 9.17) is 18.0 Å². The molecule has 6 heteroatoms. The van der Waals surface area contributed by atoms with E-state index in [9.17, 15) is 4.79 Å². The fourth-order valence-corrected chi connectivity index (χ4v) is 2.48. The molecule has 0 bridgehead atoms. The molecule has 1 aliphatic rings. The predicted molar refractivity (Wildman–Crippen MR) is 79.7 cm³/mol. The lowest BCUT2D eigenvalue weighted by Gasteiger charge is -2.25.